The van der Waals surface area contributed by atoms with Crippen LogP contribution < -0.4 is 18.9 Å². The maximum absolute atomic E-state index is 12.5. The highest BCUT2D eigenvalue weighted by atomic mass is 32.2. The van der Waals surface area contributed by atoms with Gasteiger partial charge in [0.15, 0.2) is 17.2 Å². The van der Waals surface area contributed by atoms with Crippen LogP contribution in [0.15, 0.2) is 41.3 Å². The van der Waals surface area contributed by atoms with E-state index in [4.69, 9.17) is 14.2 Å². The predicted molar refractivity (Wildman–Crippen MR) is 90.0 cm³/mol. The Morgan fingerprint density at radius 3 is 2.08 bits per heavy atom. The lowest BCUT2D eigenvalue weighted by molar-refractivity contribution is -0.386. The summed E-state index contributed by atoms with van der Waals surface area (Å²) in [6.45, 7) is 0. The summed E-state index contributed by atoms with van der Waals surface area (Å²) >= 11 is 0. The summed E-state index contributed by atoms with van der Waals surface area (Å²) in [5.41, 5.74) is -0.228. The maximum Gasteiger partial charge on any atom is 0.312 e. The van der Waals surface area contributed by atoms with Crippen molar-refractivity contribution < 1.29 is 27.6 Å². The van der Waals surface area contributed by atoms with Crippen molar-refractivity contribution in [3.8, 4) is 17.2 Å². The third-order valence-electron chi connectivity index (χ3n) is 3.29. The van der Waals surface area contributed by atoms with Crippen molar-refractivity contribution >= 4 is 21.4 Å². The SMILES string of the molecule is COc1ccc(NS(=O)(=O)c2ccc(OC)c([N+](=O)[O-])c2)cc1OC. The van der Waals surface area contributed by atoms with Crippen LogP contribution in [0.5, 0.6) is 17.2 Å². The van der Waals surface area contributed by atoms with Crippen molar-refractivity contribution in [1.82, 2.24) is 0 Å². The van der Waals surface area contributed by atoms with Crippen LogP contribution in [0, 0.1) is 10.1 Å². The van der Waals surface area contributed by atoms with Gasteiger partial charge < -0.3 is 14.2 Å². The molecule has 0 saturated carbocycles. The van der Waals surface area contributed by atoms with E-state index in [9.17, 15) is 18.5 Å². The van der Waals surface area contributed by atoms with Crippen LogP contribution >= 0.6 is 0 Å². The molecular formula is C15H16N2O7S. The standard InChI is InChI=1S/C15H16N2O7S/c1-22-13-7-5-11(9-12(13)17(18)19)25(20,21)16-10-4-6-14(23-2)15(8-10)24-3/h4-9,16H,1-3H3. The number of nitrogens with zero attached hydrogens (tertiary/aromatic N) is 1. The van der Waals surface area contributed by atoms with Gasteiger partial charge in [0.1, 0.15) is 0 Å². The first-order chi connectivity index (χ1) is 11.8. The Morgan fingerprint density at radius 2 is 1.52 bits per heavy atom. The van der Waals surface area contributed by atoms with Crippen molar-refractivity contribution in [2.75, 3.05) is 26.1 Å². The number of methoxy groups -OCH3 is 3. The average molecular weight is 368 g/mol. The number of anilines is 1. The van der Waals surface area contributed by atoms with Crippen LogP contribution in [0.3, 0.4) is 0 Å². The van der Waals surface area contributed by atoms with Crippen LogP contribution in [-0.4, -0.2) is 34.7 Å². The highest BCUT2D eigenvalue weighted by Crippen LogP contribution is 2.32. The zero-order valence-electron chi connectivity index (χ0n) is 13.7. The molecule has 2 aromatic rings. The van der Waals surface area contributed by atoms with E-state index in [0.717, 1.165) is 6.07 Å². The van der Waals surface area contributed by atoms with E-state index in [1.807, 2.05) is 0 Å². The van der Waals surface area contributed by atoms with Crippen molar-refractivity contribution in [2.45, 2.75) is 4.90 Å². The summed E-state index contributed by atoms with van der Waals surface area (Å²) in [7, 11) is 0.0932. The van der Waals surface area contributed by atoms with E-state index in [-0.39, 0.29) is 16.3 Å². The summed E-state index contributed by atoms with van der Waals surface area (Å²) in [6.07, 6.45) is 0. The first-order valence-corrected chi connectivity index (χ1v) is 8.38. The quantitative estimate of drug-likeness (QED) is 0.589. The molecule has 9 nitrogen and oxygen atoms in total. The molecule has 0 fully saturated rings. The molecule has 0 heterocycles. The Labute approximate surface area is 144 Å². The number of nitro groups is 1. The molecule has 0 saturated heterocycles. The second-order valence-electron chi connectivity index (χ2n) is 4.77. The Hall–Kier alpha value is -3.01. The van der Waals surface area contributed by atoms with Crippen molar-refractivity contribution in [3.63, 3.8) is 0 Å². The molecule has 0 aliphatic heterocycles. The smallest absolute Gasteiger partial charge is 0.312 e. The molecule has 0 atom stereocenters. The molecule has 0 spiro atoms. The van der Waals surface area contributed by atoms with Crippen LogP contribution in [0.2, 0.25) is 0 Å². The minimum Gasteiger partial charge on any atom is -0.493 e. The van der Waals surface area contributed by atoms with E-state index >= 15 is 0 Å². The summed E-state index contributed by atoms with van der Waals surface area (Å²) in [5, 5.41) is 11.1. The normalized spacial score (nSPS) is 10.8. The van der Waals surface area contributed by atoms with E-state index < -0.39 is 20.6 Å². The number of nitro benzene ring substituents is 1. The van der Waals surface area contributed by atoms with Gasteiger partial charge in [-0.2, -0.15) is 0 Å². The summed E-state index contributed by atoms with van der Waals surface area (Å²) in [5.74, 6) is 0.740. The van der Waals surface area contributed by atoms with Gasteiger partial charge in [-0.15, -0.1) is 0 Å². The van der Waals surface area contributed by atoms with Gasteiger partial charge in [-0.25, -0.2) is 8.42 Å². The topological polar surface area (TPSA) is 117 Å². The van der Waals surface area contributed by atoms with E-state index in [1.165, 1.54) is 51.7 Å². The first kappa shape index (κ1) is 18.3. The number of rotatable bonds is 7. The molecule has 0 aliphatic rings. The lowest BCUT2D eigenvalue weighted by atomic mass is 10.3. The summed E-state index contributed by atoms with van der Waals surface area (Å²) in [4.78, 5) is 10.1. The lowest BCUT2D eigenvalue weighted by Gasteiger charge is -2.12. The van der Waals surface area contributed by atoms with Gasteiger partial charge in [0.25, 0.3) is 10.0 Å². The lowest BCUT2D eigenvalue weighted by Crippen LogP contribution is -2.13. The Morgan fingerprint density at radius 1 is 0.920 bits per heavy atom. The molecule has 0 radical (unpaired) electrons. The molecule has 0 aromatic heterocycles. The van der Waals surface area contributed by atoms with E-state index in [1.54, 1.807) is 0 Å². The molecule has 0 unspecified atom stereocenters. The maximum atomic E-state index is 12.5. The average Bonchev–Trinajstić information content (AvgIpc) is 2.60. The fraction of sp³-hybridized carbons (Fsp3) is 0.200. The van der Waals surface area contributed by atoms with Crippen molar-refractivity contribution in [1.29, 1.82) is 0 Å². The van der Waals surface area contributed by atoms with Crippen molar-refractivity contribution in [3.05, 3.63) is 46.5 Å². The minimum atomic E-state index is -4.05. The number of hydrogen-bond acceptors (Lipinski definition) is 7. The molecular weight excluding hydrogens is 352 g/mol. The molecule has 0 bridgehead atoms. The van der Waals surface area contributed by atoms with E-state index in [2.05, 4.69) is 4.72 Å². The van der Waals surface area contributed by atoms with Gasteiger partial charge >= 0.3 is 5.69 Å². The molecule has 2 aromatic carbocycles. The zero-order chi connectivity index (χ0) is 18.6. The molecule has 1 N–H and O–H groups in total. The molecule has 2 rings (SSSR count). The number of ether oxygens (including phenoxy) is 3. The second kappa shape index (κ2) is 7.26. The minimum absolute atomic E-state index is 0.0323. The van der Waals surface area contributed by atoms with Crippen LogP contribution in [-0.2, 0) is 10.0 Å². The van der Waals surface area contributed by atoms with Gasteiger partial charge in [-0.3, -0.25) is 14.8 Å². The first-order valence-electron chi connectivity index (χ1n) is 6.89. The van der Waals surface area contributed by atoms with Crippen molar-refractivity contribution in [2.24, 2.45) is 0 Å². The van der Waals surface area contributed by atoms with Gasteiger partial charge in [0.2, 0.25) is 0 Å². The zero-order valence-corrected chi connectivity index (χ0v) is 14.5. The molecule has 0 aliphatic carbocycles. The van der Waals surface area contributed by atoms with Gasteiger partial charge in [-0.1, -0.05) is 0 Å². The highest BCUT2D eigenvalue weighted by Gasteiger charge is 2.22. The van der Waals surface area contributed by atoms with Crippen LogP contribution in [0.1, 0.15) is 0 Å². The molecule has 134 valence electrons. The second-order valence-corrected chi connectivity index (χ2v) is 6.45. The van der Waals surface area contributed by atoms with Gasteiger partial charge in [0, 0.05) is 12.1 Å². The highest BCUT2D eigenvalue weighted by molar-refractivity contribution is 7.92. The Kier molecular flexibility index (Phi) is 5.32. The van der Waals surface area contributed by atoms with E-state index in [0.29, 0.717) is 11.5 Å². The number of benzene rings is 2. The van der Waals surface area contributed by atoms with Crippen LogP contribution in [0.4, 0.5) is 11.4 Å². The fourth-order valence-electron chi connectivity index (χ4n) is 2.09. The van der Waals surface area contributed by atoms with Crippen LogP contribution in [0.25, 0.3) is 0 Å². The molecule has 10 heteroatoms. The third-order valence-corrected chi connectivity index (χ3v) is 4.67. The number of nitrogens with one attached hydrogen (secondary N) is 1. The predicted octanol–water partition coefficient (Wildman–Crippen LogP) is 2.42. The Balaban J connectivity index is 2.40. The monoisotopic (exact) mass is 368 g/mol. The molecule has 25 heavy (non-hydrogen) atoms. The summed E-state index contributed by atoms with van der Waals surface area (Å²) in [6, 6.07) is 7.83. The van der Waals surface area contributed by atoms with Gasteiger partial charge in [0.05, 0.1) is 36.8 Å². The third kappa shape index (κ3) is 3.91. The fourth-order valence-corrected chi connectivity index (χ4v) is 3.16. The Bertz CT molecular complexity index is 897. The molecule has 0 amide bonds. The number of sulfonamides is 1. The largest absolute Gasteiger partial charge is 0.493 e. The van der Waals surface area contributed by atoms with Gasteiger partial charge in [-0.05, 0) is 24.3 Å². The number of hydrogen-bond donors (Lipinski definition) is 1. The summed E-state index contributed by atoms with van der Waals surface area (Å²) < 4.78 is 42.4.